The van der Waals surface area contributed by atoms with Crippen LogP contribution in [0.15, 0.2) is 109 Å². The van der Waals surface area contributed by atoms with E-state index in [0.717, 1.165) is 5.92 Å². The summed E-state index contributed by atoms with van der Waals surface area (Å²) in [5.41, 5.74) is 11.6. The average Bonchev–Trinajstić information content (AvgIpc) is 3.79. The summed E-state index contributed by atoms with van der Waals surface area (Å²) in [6.07, 6.45) is 5.53. The van der Waals surface area contributed by atoms with Gasteiger partial charge in [0.2, 0.25) is 0 Å². The standard InChI is InChI=1S/C24H27.C20H21.C2H6Si.2ClH.Zr/c1-24(2,3)21-13-11-18(12-14-21)22-10-6-9-19-15-20(16-23(19)22)17-7-4-5-8-17;1-14-12-16-6-5-7-18(19(16)13-14)15-8-10-17(11-9-15)20(2,3)4;1-3-2;;;/h6,9-17H,4-5,7-8H2,1-3H3;5-13H,1-4H3;1-2H3;2*1H;/q2*-1;;;;+2/p-2. The molecule has 0 aromatic heterocycles. The fourth-order valence-electron chi connectivity index (χ4n) is 6.94. The number of benzene rings is 4. The second-order valence-corrected chi connectivity index (χ2v) is 25.4. The van der Waals surface area contributed by atoms with Crippen molar-refractivity contribution in [3.63, 3.8) is 0 Å². The maximum atomic E-state index is 2.46. The van der Waals surface area contributed by atoms with Gasteiger partial charge in [0.1, 0.15) is 0 Å². The van der Waals surface area contributed by atoms with Crippen molar-refractivity contribution >= 4 is 27.0 Å². The van der Waals surface area contributed by atoms with Crippen LogP contribution < -0.4 is 24.8 Å². The molecule has 0 amide bonds. The van der Waals surface area contributed by atoms with Crippen LogP contribution in [0.25, 0.3) is 43.8 Å². The van der Waals surface area contributed by atoms with E-state index in [2.05, 4.69) is 171 Å². The van der Waals surface area contributed by atoms with Crippen molar-refractivity contribution in [3.8, 4) is 22.3 Å². The van der Waals surface area contributed by atoms with Gasteiger partial charge < -0.3 is 24.8 Å². The van der Waals surface area contributed by atoms with E-state index in [0.29, 0.717) is 0 Å². The van der Waals surface area contributed by atoms with Gasteiger partial charge in [0.05, 0.1) is 0 Å². The van der Waals surface area contributed by atoms with Crippen LogP contribution >= 0.6 is 0 Å². The van der Waals surface area contributed by atoms with E-state index < -0.39 is 0 Å². The van der Waals surface area contributed by atoms with Crippen LogP contribution in [-0.2, 0) is 34.2 Å². The molecule has 0 spiro atoms. The summed E-state index contributed by atoms with van der Waals surface area (Å²) in [5.74, 6) is 0.786. The Kier molecular flexibility index (Phi) is 15.2. The Bertz CT molecular complexity index is 1970. The van der Waals surface area contributed by atoms with E-state index in [1.54, 1.807) is 28.9 Å². The zero-order chi connectivity index (χ0) is 34.6. The summed E-state index contributed by atoms with van der Waals surface area (Å²) in [6, 6.07) is 40.9. The topological polar surface area (TPSA) is 0 Å². The first-order chi connectivity index (χ1) is 22.7. The van der Waals surface area contributed by atoms with E-state index in [4.69, 9.17) is 0 Å². The van der Waals surface area contributed by atoms with Crippen molar-refractivity contribution in [2.24, 2.45) is 0 Å². The molecule has 262 valence electrons. The molecule has 0 heterocycles. The van der Waals surface area contributed by atoms with Gasteiger partial charge in [-0.3, -0.25) is 0 Å². The molecule has 0 nitrogen and oxygen atoms in total. The first kappa shape index (κ1) is 42.2. The van der Waals surface area contributed by atoms with Crippen molar-refractivity contribution in [1.29, 1.82) is 0 Å². The quantitative estimate of drug-likeness (QED) is 0.127. The maximum Gasteiger partial charge on any atom is -0.0132 e. The molecule has 0 N–H and O–H groups in total. The Balaban J connectivity index is 0.000000239. The Labute approximate surface area is 330 Å². The molecule has 1 saturated carbocycles. The zero-order valence-electron chi connectivity index (χ0n) is 31.6. The number of hydrogen-bond acceptors (Lipinski definition) is 0. The summed E-state index contributed by atoms with van der Waals surface area (Å²) >= 11 is 1.74. The molecule has 1 fully saturated rings. The molecule has 0 unspecified atom stereocenters. The molecule has 50 heavy (non-hydrogen) atoms. The monoisotopic (exact) mass is 794 g/mol. The summed E-state index contributed by atoms with van der Waals surface area (Å²) in [5, 5.41) is 5.51. The van der Waals surface area contributed by atoms with Gasteiger partial charge in [-0.05, 0) is 51.8 Å². The largest absolute Gasteiger partial charge is 1.00 e. The number of aryl methyl sites for hydroxylation is 1. The van der Waals surface area contributed by atoms with Crippen LogP contribution in [0.4, 0.5) is 0 Å². The fourth-order valence-corrected chi connectivity index (χ4v) is 6.94. The molecule has 1 aliphatic rings. The van der Waals surface area contributed by atoms with Crippen molar-refractivity contribution in [2.75, 3.05) is 0 Å². The van der Waals surface area contributed by atoms with Gasteiger partial charge >= 0.3 is 41.9 Å². The van der Waals surface area contributed by atoms with Gasteiger partial charge in [0.25, 0.3) is 0 Å². The van der Waals surface area contributed by atoms with Gasteiger partial charge in [0, 0.05) is 0 Å². The average molecular weight is 797 g/mol. The third kappa shape index (κ3) is 10.7. The molecule has 7 rings (SSSR count). The molecular formula is C46H54Cl2SiZr-2. The van der Waals surface area contributed by atoms with Crippen LogP contribution in [0.5, 0.6) is 0 Å². The predicted molar refractivity (Wildman–Crippen MR) is 211 cm³/mol. The molecule has 1 aliphatic carbocycles. The summed E-state index contributed by atoms with van der Waals surface area (Å²) in [6.45, 7) is 20.4. The molecule has 6 aromatic rings. The van der Waals surface area contributed by atoms with Crippen molar-refractivity contribution in [1.82, 2.24) is 0 Å². The molecule has 4 heteroatoms. The Hall–Kier alpha value is -2.22. The van der Waals surface area contributed by atoms with Crippen molar-refractivity contribution in [3.05, 3.63) is 131 Å². The zero-order valence-corrected chi connectivity index (χ0v) is 36.5. The van der Waals surface area contributed by atoms with Gasteiger partial charge in [-0.25, -0.2) is 0 Å². The number of fused-ring (bicyclic) bond motifs is 2. The van der Waals surface area contributed by atoms with E-state index in [1.807, 2.05) is 0 Å². The number of rotatable bonds is 3. The number of hydrogen-bond donors (Lipinski definition) is 0. The second kappa shape index (κ2) is 18.0. The fraction of sp³-hybridized carbons (Fsp3) is 0.348. The summed E-state index contributed by atoms with van der Waals surface area (Å²) in [4.78, 5) is 0. The van der Waals surface area contributed by atoms with Gasteiger partial charge in [-0.15, -0.1) is 69.1 Å². The Morgan fingerprint density at radius 3 is 1.42 bits per heavy atom. The number of halogens is 2. The van der Waals surface area contributed by atoms with E-state index in [1.165, 1.54) is 86.2 Å². The first-order valence-corrected chi connectivity index (χ1v) is 24.0. The van der Waals surface area contributed by atoms with Crippen molar-refractivity contribution < 1.29 is 48.1 Å². The third-order valence-corrected chi connectivity index (χ3v) is 9.62. The van der Waals surface area contributed by atoms with Crippen LogP contribution in [0.1, 0.15) is 95.4 Å². The van der Waals surface area contributed by atoms with Gasteiger partial charge in [-0.2, -0.15) is 12.1 Å². The first-order valence-electron chi connectivity index (χ1n) is 17.8. The van der Waals surface area contributed by atoms with E-state index in [-0.39, 0.29) is 41.1 Å². The molecule has 0 bridgehead atoms. The van der Waals surface area contributed by atoms with Crippen LogP contribution in [0.2, 0.25) is 13.1 Å². The predicted octanol–water partition coefficient (Wildman–Crippen LogP) is 7.80. The smallest absolute Gasteiger partial charge is 0.0132 e. The molecule has 0 radical (unpaired) electrons. The third-order valence-electron chi connectivity index (χ3n) is 9.62. The summed E-state index contributed by atoms with van der Waals surface area (Å²) in [7, 11) is 0. The van der Waals surface area contributed by atoms with E-state index >= 15 is 0 Å². The summed E-state index contributed by atoms with van der Waals surface area (Å²) < 4.78 is 0. The maximum absolute atomic E-state index is 2.46. The molecule has 0 atom stereocenters. The molecule has 6 aromatic carbocycles. The minimum Gasteiger partial charge on any atom is -1.00 e. The van der Waals surface area contributed by atoms with Crippen LogP contribution in [0.3, 0.4) is 0 Å². The minimum atomic E-state index is 0. The normalized spacial score (nSPS) is 13.1. The SMILES string of the molecule is CC(C)(C)c1ccc(-c2cccc3[cH-]c(C4CCCC4)cc23)cc1.C[Si](C)=[Zr+2].Cc1cc2c(-c3ccc(C(C)(C)C)cc3)cccc2[cH-]1.[Cl-].[Cl-]. The Morgan fingerprint density at radius 2 is 1.00 bits per heavy atom. The Morgan fingerprint density at radius 1 is 0.600 bits per heavy atom. The molecular weight excluding hydrogens is 743 g/mol. The van der Waals surface area contributed by atoms with Crippen molar-refractivity contribution in [2.45, 2.75) is 104 Å². The second-order valence-electron chi connectivity index (χ2n) is 16.1. The van der Waals surface area contributed by atoms with Gasteiger partial charge in [0.15, 0.2) is 0 Å². The molecule has 0 aliphatic heterocycles. The minimum absolute atomic E-state index is 0. The van der Waals surface area contributed by atoms with Crippen LogP contribution in [-0.4, -0.2) is 5.43 Å². The van der Waals surface area contributed by atoms with E-state index in [9.17, 15) is 0 Å². The van der Waals surface area contributed by atoms with Gasteiger partial charge in [-0.1, -0.05) is 133 Å². The van der Waals surface area contributed by atoms with Crippen LogP contribution in [0, 0.1) is 6.92 Å². The molecule has 0 saturated heterocycles.